The van der Waals surface area contributed by atoms with Gasteiger partial charge in [-0.25, -0.2) is 9.97 Å². The van der Waals surface area contributed by atoms with Gasteiger partial charge in [-0.05, 0) is 26.7 Å². The van der Waals surface area contributed by atoms with Gasteiger partial charge in [-0.15, -0.1) is 0 Å². The van der Waals surface area contributed by atoms with E-state index in [2.05, 4.69) is 20.6 Å². The van der Waals surface area contributed by atoms with E-state index in [1.54, 1.807) is 6.20 Å². The molecule has 19 heavy (non-hydrogen) atoms. The smallest absolute Gasteiger partial charge is 0.271 e. The topological polar surface area (TPSA) is 76.1 Å². The van der Waals surface area contributed by atoms with Gasteiger partial charge in [-0.1, -0.05) is 0 Å². The van der Waals surface area contributed by atoms with Gasteiger partial charge >= 0.3 is 0 Å². The summed E-state index contributed by atoms with van der Waals surface area (Å²) >= 11 is 0. The van der Waals surface area contributed by atoms with Crippen molar-refractivity contribution in [1.82, 2.24) is 15.3 Å². The zero-order chi connectivity index (χ0) is 13.7. The number of carbonyl (C=O) groups excluding carboxylic acids is 1. The SMILES string of the molecule is CC(C)Nc1cnc(C(=O)NCC2CCCO2)cn1. The highest BCUT2D eigenvalue weighted by atomic mass is 16.5. The number of carbonyl (C=O) groups is 1. The Balaban J connectivity index is 1.84. The molecule has 6 heteroatoms. The van der Waals surface area contributed by atoms with Gasteiger partial charge in [-0.2, -0.15) is 0 Å². The summed E-state index contributed by atoms with van der Waals surface area (Å²) in [5.74, 6) is 0.463. The Kier molecular flexibility index (Phi) is 4.68. The van der Waals surface area contributed by atoms with Crippen LogP contribution in [0.1, 0.15) is 37.2 Å². The summed E-state index contributed by atoms with van der Waals surface area (Å²) in [6.45, 7) is 5.36. The molecule has 1 saturated heterocycles. The van der Waals surface area contributed by atoms with Crippen molar-refractivity contribution >= 4 is 11.7 Å². The summed E-state index contributed by atoms with van der Waals surface area (Å²) in [5, 5.41) is 5.94. The van der Waals surface area contributed by atoms with Crippen LogP contribution < -0.4 is 10.6 Å². The number of nitrogens with one attached hydrogen (secondary N) is 2. The van der Waals surface area contributed by atoms with Crippen molar-refractivity contribution in [2.24, 2.45) is 0 Å². The average molecular weight is 264 g/mol. The second-order valence-electron chi connectivity index (χ2n) is 4.93. The third kappa shape index (κ3) is 4.17. The molecular formula is C13H20N4O2. The van der Waals surface area contributed by atoms with Crippen molar-refractivity contribution in [2.75, 3.05) is 18.5 Å². The highest BCUT2D eigenvalue weighted by Crippen LogP contribution is 2.10. The normalized spacial score (nSPS) is 18.6. The van der Waals surface area contributed by atoms with Crippen LogP contribution in [0.2, 0.25) is 0 Å². The van der Waals surface area contributed by atoms with Gasteiger partial charge in [0.1, 0.15) is 11.5 Å². The van der Waals surface area contributed by atoms with Gasteiger partial charge < -0.3 is 15.4 Å². The molecule has 6 nitrogen and oxygen atoms in total. The summed E-state index contributed by atoms with van der Waals surface area (Å²) in [4.78, 5) is 20.1. The van der Waals surface area contributed by atoms with Gasteiger partial charge in [0.2, 0.25) is 0 Å². The highest BCUT2D eigenvalue weighted by molar-refractivity contribution is 5.92. The summed E-state index contributed by atoms with van der Waals surface area (Å²) in [7, 11) is 0. The van der Waals surface area contributed by atoms with Gasteiger partial charge in [0.15, 0.2) is 0 Å². The Labute approximate surface area is 113 Å². The number of rotatable bonds is 5. The van der Waals surface area contributed by atoms with Crippen LogP contribution in [-0.2, 0) is 4.74 Å². The quantitative estimate of drug-likeness (QED) is 0.836. The lowest BCUT2D eigenvalue weighted by molar-refractivity contribution is 0.0853. The maximum Gasteiger partial charge on any atom is 0.271 e. The first-order chi connectivity index (χ1) is 9.15. The highest BCUT2D eigenvalue weighted by Gasteiger charge is 2.17. The number of anilines is 1. The summed E-state index contributed by atoms with van der Waals surface area (Å²) in [6.07, 6.45) is 5.26. The number of amides is 1. The van der Waals surface area contributed by atoms with Crippen LogP contribution >= 0.6 is 0 Å². The van der Waals surface area contributed by atoms with E-state index in [1.807, 2.05) is 13.8 Å². The van der Waals surface area contributed by atoms with Crippen LogP contribution in [0, 0.1) is 0 Å². The largest absolute Gasteiger partial charge is 0.376 e. The van der Waals surface area contributed by atoms with E-state index in [0.29, 0.717) is 18.1 Å². The molecule has 1 aliphatic heterocycles. The van der Waals surface area contributed by atoms with Crippen LogP contribution in [0.15, 0.2) is 12.4 Å². The fraction of sp³-hybridized carbons (Fsp3) is 0.615. The molecule has 0 aliphatic carbocycles. The number of hydrogen-bond donors (Lipinski definition) is 2. The maximum absolute atomic E-state index is 11.8. The minimum atomic E-state index is -0.209. The Hall–Kier alpha value is -1.69. The van der Waals surface area contributed by atoms with Crippen LogP contribution in [0.25, 0.3) is 0 Å². The molecule has 0 bridgehead atoms. The fourth-order valence-electron chi connectivity index (χ4n) is 1.92. The molecular weight excluding hydrogens is 244 g/mol. The summed E-state index contributed by atoms with van der Waals surface area (Å²) in [5.41, 5.74) is 0.326. The number of nitrogens with zero attached hydrogens (tertiary/aromatic N) is 2. The molecule has 2 rings (SSSR count). The molecule has 1 fully saturated rings. The van der Waals surface area contributed by atoms with E-state index < -0.39 is 0 Å². The van der Waals surface area contributed by atoms with Crippen molar-refractivity contribution < 1.29 is 9.53 Å². The predicted octanol–water partition coefficient (Wildman–Crippen LogP) is 1.21. The van der Waals surface area contributed by atoms with Crippen LogP contribution in [0.4, 0.5) is 5.82 Å². The Morgan fingerprint density at radius 2 is 2.32 bits per heavy atom. The zero-order valence-corrected chi connectivity index (χ0v) is 11.3. The van der Waals surface area contributed by atoms with E-state index in [4.69, 9.17) is 4.74 Å². The van der Waals surface area contributed by atoms with E-state index >= 15 is 0 Å². The minimum Gasteiger partial charge on any atom is -0.376 e. The lowest BCUT2D eigenvalue weighted by Gasteiger charge is -2.11. The molecule has 1 unspecified atom stereocenters. The molecule has 1 aromatic heterocycles. The van der Waals surface area contributed by atoms with Gasteiger partial charge in [0, 0.05) is 19.2 Å². The van der Waals surface area contributed by atoms with Crippen molar-refractivity contribution in [3.63, 3.8) is 0 Å². The van der Waals surface area contributed by atoms with Crippen molar-refractivity contribution in [3.05, 3.63) is 18.1 Å². The molecule has 1 amide bonds. The van der Waals surface area contributed by atoms with Gasteiger partial charge in [-0.3, -0.25) is 4.79 Å². The molecule has 0 saturated carbocycles. The molecule has 1 aliphatic rings. The number of ether oxygens (including phenoxy) is 1. The molecule has 0 aromatic carbocycles. The van der Waals surface area contributed by atoms with Crippen LogP contribution in [0.5, 0.6) is 0 Å². The summed E-state index contributed by atoms with van der Waals surface area (Å²) in [6, 6.07) is 0.286. The standard InChI is InChI=1S/C13H20N4O2/c1-9(2)17-12-8-14-11(7-15-12)13(18)16-6-10-4-3-5-19-10/h7-10H,3-6H2,1-2H3,(H,15,17)(H,16,18). The molecule has 0 spiro atoms. The summed E-state index contributed by atoms with van der Waals surface area (Å²) < 4.78 is 5.44. The Morgan fingerprint density at radius 3 is 2.89 bits per heavy atom. The predicted molar refractivity (Wildman–Crippen MR) is 72.1 cm³/mol. The Morgan fingerprint density at radius 1 is 1.47 bits per heavy atom. The lowest BCUT2D eigenvalue weighted by Crippen LogP contribution is -2.32. The average Bonchev–Trinajstić information content (AvgIpc) is 2.89. The van der Waals surface area contributed by atoms with E-state index in [0.717, 1.165) is 19.4 Å². The van der Waals surface area contributed by atoms with Gasteiger partial charge in [0.05, 0.1) is 18.5 Å². The third-order valence-corrected chi connectivity index (χ3v) is 2.84. The molecule has 104 valence electrons. The Bertz CT molecular complexity index is 413. The first-order valence-corrected chi connectivity index (χ1v) is 6.63. The van der Waals surface area contributed by atoms with Crippen LogP contribution in [-0.4, -0.2) is 41.2 Å². The maximum atomic E-state index is 11.8. The molecule has 2 heterocycles. The van der Waals surface area contributed by atoms with Crippen molar-refractivity contribution in [1.29, 1.82) is 0 Å². The number of aromatic nitrogens is 2. The lowest BCUT2D eigenvalue weighted by atomic mass is 10.2. The monoisotopic (exact) mass is 264 g/mol. The third-order valence-electron chi connectivity index (χ3n) is 2.84. The van der Waals surface area contributed by atoms with E-state index in [-0.39, 0.29) is 18.1 Å². The second kappa shape index (κ2) is 6.47. The van der Waals surface area contributed by atoms with Crippen LogP contribution in [0.3, 0.4) is 0 Å². The van der Waals surface area contributed by atoms with E-state index in [9.17, 15) is 4.79 Å². The second-order valence-corrected chi connectivity index (χ2v) is 4.93. The van der Waals surface area contributed by atoms with Gasteiger partial charge in [0.25, 0.3) is 5.91 Å². The molecule has 1 aromatic rings. The molecule has 0 radical (unpaired) electrons. The molecule has 2 N–H and O–H groups in total. The van der Waals surface area contributed by atoms with Crippen molar-refractivity contribution in [3.8, 4) is 0 Å². The first kappa shape index (κ1) is 13.7. The number of hydrogen-bond acceptors (Lipinski definition) is 5. The first-order valence-electron chi connectivity index (χ1n) is 6.63. The zero-order valence-electron chi connectivity index (χ0n) is 11.3. The van der Waals surface area contributed by atoms with E-state index in [1.165, 1.54) is 6.20 Å². The molecule has 1 atom stereocenters. The minimum absolute atomic E-state index is 0.138. The fourth-order valence-corrected chi connectivity index (χ4v) is 1.92. The van der Waals surface area contributed by atoms with Crippen molar-refractivity contribution in [2.45, 2.75) is 38.8 Å².